The lowest BCUT2D eigenvalue weighted by atomic mass is 9.95. The summed E-state index contributed by atoms with van der Waals surface area (Å²) in [6.07, 6.45) is 6.60. The van der Waals surface area contributed by atoms with Gasteiger partial charge in [-0.15, -0.1) is 0 Å². The molecule has 1 aromatic carbocycles. The van der Waals surface area contributed by atoms with Crippen molar-refractivity contribution >= 4 is 0 Å². The minimum Gasteiger partial charge on any atom is -0.490 e. The van der Waals surface area contributed by atoms with Crippen LogP contribution in [-0.2, 0) is 0 Å². The van der Waals surface area contributed by atoms with Gasteiger partial charge in [-0.3, -0.25) is 0 Å². The number of hydrogen-bond donors (Lipinski definition) is 1. The zero-order valence-corrected chi connectivity index (χ0v) is 9.56. The molecule has 1 aromatic rings. The van der Waals surface area contributed by atoms with Crippen molar-refractivity contribution in [3.05, 3.63) is 29.8 Å². The summed E-state index contributed by atoms with van der Waals surface area (Å²) in [5.74, 6) is 1.58. The number of benzene rings is 1. The Morgan fingerprint density at radius 1 is 1.00 bits per heavy atom. The maximum atomic E-state index is 6.11. The first-order valence-electron chi connectivity index (χ1n) is 6.35. The Hall–Kier alpha value is -1.02. The molecule has 0 heterocycles. The molecule has 3 rings (SSSR count). The summed E-state index contributed by atoms with van der Waals surface area (Å²) in [6, 6.07) is 8.92. The van der Waals surface area contributed by atoms with Crippen molar-refractivity contribution in [3.63, 3.8) is 0 Å². The number of ether oxygens (including phenoxy) is 1. The van der Waals surface area contributed by atoms with E-state index in [1.165, 1.54) is 37.7 Å². The highest BCUT2D eigenvalue weighted by Gasteiger charge is 2.26. The van der Waals surface area contributed by atoms with Crippen LogP contribution in [0.4, 0.5) is 0 Å². The minimum absolute atomic E-state index is 0.357. The van der Waals surface area contributed by atoms with Crippen molar-refractivity contribution in [2.75, 3.05) is 0 Å². The molecule has 2 saturated carbocycles. The maximum absolute atomic E-state index is 6.11. The Labute approximate surface area is 96.8 Å². The molecule has 0 aromatic heterocycles. The van der Waals surface area contributed by atoms with E-state index in [0.717, 1.165) is 5.75 Å². The summed E-state index contributed by atoms with van der Waals surface area (Å²) in [6.45, 7) is 0. The highest BCUT2D eigenvalue weighted by Crippen LogP contribution is 2.34. The van der Waals surface area contributed by atoms with Crippen LogP contribution >= 0.6 is 0 Å². The molecule has 0 saturated heterocycles. The van der Waals surface area contributed by atoms with Gasteiger partial charge in [-0.1, -0.05) is 18.6 Å². The fourth-order valence-corrected chi connectivity index (χ4v) is 2.57. The van der Waals surface area contributed by atoms with Crippen LogP contribution in [0.1, 0.15) is 43.6 Å². The lowest BCUT2D eigenvalue weighted by molar-refractivity contribution is 0.303. The second kappa shape index (κ2) is 4.10. The van der Waals surface area contributed by atoms with Crippen LogP contribution in [0.2, 0.25) is 0 Å². The molecule has 2 unspecified atom stereocenters. The molecule has 0 amide bonds. The Bertz CT molecular complexity index is 356. The minimum atomic E-state index is 0.357. The monoisotopic (exact) mass is 217 g/mol. The van der Waals surface area contributed by atoms with Gasteiger partial charge < -0.3 is 10.5 Å². The van der Waals surface area contributed by atoms with E-state index in [9.17, 15) is 0 Å². The van der Waals surface area contributed by atoms with E-state index in [2.05, 4.69) is 24.3 Å². The van der Waals surface area contributed by atoms with Crippen LogP contribution in [0, 0.1) is 0 Å². The van der Waals surface area contributed by atoms with E-state index in [1.807, 2.05) is 0 Å². The van der Waals surface area contributed by atoms with E-state index in [1.54, 1.807) is 0 Å². The fraction of sp³-hybridized carbons (Fsp3) is 0.571. The largest absolute Gasteiger partial charge is 0.490 e. The van der Waals surface area contributed by atoms with Crippen LogP contribution < -0.4 is 10.5 Å². The lowest BCUT2D eigenvalue weighted by Gasteiger charge is -2.16. The third-order valence-electron chi connectivity index (χ3n) is 3.70. The molecular formula is C14H19NO. The first-order chi connectivity index (χ1) is 7.83. The van der Waals surface area contributed by atoms with Crippen molar-refractivity contribution in [2.24, 2.45) is 5.73 Å². The second-order valence-corrected chi connectivity index (χ2v) is 5.09. The first-order valence-corrected chi connectivity index (χ1v) is 6.35. The summed E-state index contributed by atoms with van der Waals surface area (Å²) in [5, 5.41) is 0. The zero-order chi connectivity index (χ0) is 11.0. The van der Waals surface area contributed by atoms with Gasteiger partial charge in [-0.25, -0.2) is 0 Å². The van der Waals surface area contributed by atoms with Crippen molar-refractivity contribution in [3.8, 4) is 5.75 Å². The molecule has 2 fully saturated rings. The number of rotatable bonds is 3. The van der Waals surface area contributed by atoms with Gasteiger partial charge in [0.15, 0.2) is 0 Å². The summed E-state index contributed by atoms with van der Waals surface area (Å²) in [4.78, 5) is 0. The maximum Gasteiger partial charge on any atom is 0.119 e. The molecule has 0 aliphatic heterocycles. The number of nitrogens with two attached hydrogens (primary N) is 1. The second-order valence-electron chi connectivity index (χ2n) is 5.09. The van der Waals surface area contributed by atoms with E-state index in [4.69, 9.17) is 10.5 Å². The molecule has 0 bridgehead atoms. The van der Waals surface area contributed by atoms with Crippen LogP contribution in [0.15, 0.2) is 24.3 Å². The highest BCUT2D eigenvalue weighted by atomic mass is 16.5. The van der Waals surface area contributed by atoms with E-state index >= 15 is 0 Å². The van der Waals surface area contributed by atoms with Gasteiger partial charge in [0.25, 0.3) is 0 Å². The molecule has 86 valence electrons. The standard InChI is InChI=1S/C14H19NO/c15-14-3-1-2-13(14)10-4-6-11(7-5-10)16-12-8-9-12/h4-7,12-14H,1-3,8-9,15H2. The molecule has 0 radical (unpaired) electrons. The quantitative estimate of drug-likeness (QED) is 0.845. The molecule has 2 aliphatic rings. The van der Waals surface area contributed by atoms with Gasteiger partial charge >= 0.3 is 0 Å². The number of hydrogen-bond acceptors (Lipinski definition) is 2. The van der Waals surface area contributed by atoms with Gasteiger partial charge in [-0.05, 0) is 49.3 Å². The molecular weight excluding hydrogens is 198 g/mol. The summed E-state index contributed by atoms with van der Waals surface area (Å²) in [5.41, 5.74) is 7.49. The average Bonchev–Trinajstić information content (AvgIpc) is 3.00. The SMILES string of the molecule is NC1CCCC1c1ccc(OC2CC2)cc1. The first kappa shape index (κ1) is 10.2. The predicted octanol–water partition coefficient (Wildman–Crippen LogP) is 2.82. The predicted molar refractivity (Wildman–Crippen MR) is 64.7 cm³/mol. The van der Waals surface area contributed by atoms with E-state index in [-0.39, 0.29) is 0 Å². The van der Waals surface area contributed by atoms with Crippen molar-refractivity contribution in [2.45, 2.75) is 50.2 Å². The normalized spacial score (nSPS) is 29.3. The van der Waals surface area contributed by atoms with Gasteiger partial charge in [-0.2, -0.15) is 0 Å². The molecule has 2 heteroatoms. The van der Waals surface area contributed by atoms with Gasteiger partial charge in [0.1, 0.15) is 5.75 Å². The molecule has 2 N–H and O–H groups in total. The molecule has 2 nitrogen and oxygen atoms in total. The molecule has 2 atom stereocenters. The van der Waals surface area contributed by atoms with Crippen LogP contribution in [0.3, 0.4) is 0 Å². The lowest BCUT2D eigenvalue weighted by Crippen LogP contribution is -2.22. The van der Waals surface area contributed by atoms with Crippen LogP contribution in [0.5, 0.6) is 5.75 Å². The van der Waals surface area contributed by atoms with E-state index in [0.29, 0.717) is 18.1 Å². The van der Waals surface area contributed by atoms with Gasteiger partial charge in [0, 0.05) is 6.04 Å². The molecule has 0 spiro atoms. The third kappa shape index (κ3) is 2.07. The van der Waals surface area contributed by atoms with E-state index < -0.39 is 0 Å². The van der Waals surface area contributed by atoms with Crippen molar-refractivity contribution in [1.82, 2.24) is 0 Å². The molecule has 2 aliphatic carbocycles. The van der Waals surface area contributed by atoms with Crippen molar-refractivity contribution < 1.29 is 4.74 Å². The summed E-state index contributed by atoms with van der Waals surface area (Å²) >= 11 is 0. The molecule has 16 heavy (non-hydrogen) atoms. The third-order valence-corrected chi connectivity index (χ3v) is 3.70. The summed E-state index contributed by atoms with van der Waals surface area (Å²) < 4.78 is 5.74. The Balaban J connectivity index is 1.70. The smallest absolute Gasteiger partial charge is 0.119 e. The van der Waals surface area contributed by atoms with Gasteiger partial charge in [0.05, 0.1) is 6.10 Å². The highest BCUT2D eigenvalue weighted by molar-refractivity contribution is 5.31. The van der Waals surface area contributed by atoms with Crippen molar-refractivity contribution in [1.29, 1.82) is 0 Å². The van der Waals surface area contributed by atoms with Gasteiger partial charge in [0.2, 0.25) is 0 Å². The topological polar surface area (TPSA) is 35.2 Å². The van der Waals surface area contributed by atoms with Crippen LogP contribution in [-0.4, -0.2) is 12.1 Å². The Morgan fingerprint density at radius 2 is 1.75 bits per heavy atom. The average molecular weight is 217 g/mol. The van der Waals surface area contributed by atoms with Crippen LogP contribution in [0.25, 0.3) is 0 Å². The summed E-state index contributed by atoms with van der Waals surface area (Å²) in [7, 11) is 0. The fourth-order valence-electron chi connectivity index (χ4n) is 2.57. The zero-order valence-electron chi connectivity index (χ0n) is 9.56. The Kier molecular flexibility index (Phi) is 2.60. The Morgan fingerprint density at radius 3 is 2.31 bits per heavy atom.